The molecule has 0 saturated heterocycles. The van der Waals surface area contributed by atoms with E-state index in [9.17, 15) is 18.0 Å². The Balaban J connectivity index is 2.04. The number of aromatic nitrogens is 3. The van der Waals surface area contributed by atoms with Gasteiger partial charge >= 0.3 is 6.18 Å². The largest absolute Gasteiger partial charge is 0.416 e. The fourth-order valence-electron chi connectivity index (χ4n) is 2.07. The van der Waals surface area contributed by atoms with Gasteiger partial charge in [-0.1, -0.05) is 37.2 Å². The highest BCUT2D eigenvalue weighted by Gasteiger charge is 2.31. The van der Waals surface area contributed by atoms with Crippen molar-refractivity contribution in [1.29, 1.82) is 0 Å². The molecule has 136 valence electrons. The molecule has 0 aliphatic rings. The molecular formula is C15H16ClF3N4OS. The summed E-state index contributed by atoms with van der Waals surface area (Å²) in [5.41, 5.74) is -0.961. The normalized spacial score (nSPS) is 11.8. The first-order chi connectivity index (χ1) is 11.6. The quantitative estimate of drug-likeness (QED) is 0.769. The fourth-order valence-corrected chi connectivity index (χ4v) is 2.95. The number of hydrogen-bond donors (Lipinski definition) is 1. The maximum Gasteiger partial charge on any atom is 0.416 e. The Kier molecular flexibility index (Phi) is 5.99. The molecule has 0 radical (unpaired) electrons. The number of carbonyl (C=O) groups is 1. The smallest absolute Gasteiger partial charge is 0.324 e. The summed E-state index contributed by atoms with van der Waals surface area (Å²) in [6.07, 6.45) is -4.51. The topological polar surface area (TPSA) is 59.8 Å². The molecule has 0 saturated carbocycles. The van der Waals surface area contributed by atoms with Crippen molar-refractivity contribution in [3.05, 3.63) is 34.6 Å². The first-order valence-corrected chi connectivity index (χ1v) is 8.64. The van der Waals surface area contributed by atoms with Gasteiger partial charge < -0.3 is 9.88 Å². The molecule has 0 aliphatic carbocycles. The lowest BCUT2D eigenvalue weighted by Crippen LogP contribution is -2.16. The highest BCUT2D eigenvalue weighted by molar-refractivity contribution is 7.99. The molecule has 0 aliphatic heterocycles. The van der Waals surface area contributed by atoms with Crippen molar-refractivity contribution in [3.63, 3.8) is 0 Å². The van der Waals surface area contributed by atoms with Crippen LogP contribution in [0.2, 0.25) is 5.02 Å². The maximum absolute atomic E-state index is 12.7. The van der Waals surface area contributed by atoms with Crippen LogP contribution in [0.15, 0.2) is 23.4 Å². The van der Waals surface area contributed by atoms with E-state index in [0.717, 1.165) is 35.8 Å². The van der Waals surface area contributed by atoms with Crippen LogP contribution in [0.25, 0.3) is 0 Å². The van der Waals surface area contributed by atoms with Gasteiger partial charge in [-0.15, -0.1) is 10.2 Å². The number of nitrogens with one attached hydrogen (secondary N) is 1. The molecule has 1 N–H and O–H groups in total. The molecule has 0 spiro atoms. The predicted molar refractivity (Wildman–Crippen MR) is 90.9 cm³/mol. The lowest BCUT2D eigenvalue weighted by atomic mass is 10.2. The average molecular weight is 393 g/mol. The number of amides is 1. The Labute approximate surface area is 152 Å². The number of anilines is 1. The molecule has 25 heavy (non-hydrogen) atoms. The zero-order chi connectivity index (χ0) is 18.8. The monoisotopic (exact) mass is 392 g/mol. The van der Waals surface area contributed by atoms with E-state index < -0.39 is 17.6 Å². The Bertz CT molecular complexity index is 777. The zero-order valence-electron chi connectivity index (χ0n) is 13.7. The number of rotatable bonds is 5. The van der Waals surface area contributed by atoms with Gasteiger partial charge in [0, 0.05) is 13.0 Å². The van der Waals surface area contributed by atoms with Gasteiger partial charge in [-0.05, 0) is 18.2 Å². The molecule has 10 heteroatoms. The molecule has 1 amide bonds. The van der Waals surface area contributed by atoms with Gasteiger partial charge in [-0.2, -0.15) is 13.2 Å². The van der Waals surface area contributed by atoms with Crippen molar-refractivity contribution < 1.29 is 18.0 Å². The number of carbonyl (C=O) groups excluding carboxylic acids is 1. The van der Waals surface area contributed by atoms with E-state index in [-0.39, 0.29) is 22.4 Å². The van der Waals surface area contributed by atoms with Crippen molar-refractivity contribution >= 4 is 35.0 Å². The molecule has 1 heterocycles. The average Bonchev–Trinajstić information content (AvgIpc) is 2.87. The van der Waals surface area contributed by atoms with Crippen LogP contribution in [-0.2, 0) is 18.0 Å². The number of nitrogens with zero attached hydrogens (tertiary/aromatic N) is 3. The maximum atomic E-state index is 12.7. The minimum Gasteiger partial charge on any atom is -0.324 e. The molecule has 0 unspecified atom stereocenters. The van der Waals surface area contributed by atoms with Gasteiger partial charge in [0.1, 0.15) is 5.82 Å². The van der Waals surface area contributed by atoms with Crippen molar-refractivity contribution in [3.8, 4) is 0 Å². The van der Waals surface area contributed by atoms with E-state index in [1.165, 1.54) is 0 Å². The van der Waals surface area contributed by atoms with Crippen LogP contribution in [-0.4, -0.2) is 26.4 Å². The molecule has 1 aromatic heterocycles. The van der Waals surface area contributed by atoms with Crippen LogP contribution in [0.1, 0.15) is 31.2 Å². The Morgan fingerprint density at radius 2 is 2.04 bits per heavy atom. The van der Waals surface area contributed by atoms with E-state index in [0.29, 0.717) is 5.16 Å². The van der Waals surface area contributed by atoms with Gasteiger partial charge in [0.25, 0.3) is 0 Å². The van der Waals surface area contributed by atoms with Gasteiger partial charge in [-0.3, -0.25) is 4.79 Å². The second-order valence-corrected chi connectivity index (χ2v) is 6.93. The van der Waals surface area contributed by atoms with Gasteiger partial charge in [-0.25, -0.2) is 0 Å². The molecular weight excluding hydrogens is 377 g/mol. The third-order valence-corrected chi connectivity index (χ3v) is 4.63. The third-order valence-electron chi connectivity index (χ3n) is 3.29. The summed E-state index contributed by atoms with van der Waals surface area (Å²) >= 11 is 7.00. The molecule has 2 rings (SSSR count). The number of hydrogen-bond acceptors (Lipinski definition) is 4. The summed E-state index contributed by atoms with van der Waals surface area (Å²) < 4.78 is 40.0. The van der Waals surface area contributed by atoms with Crippen molar-refractivity contribution in [1.82, 2.24) is 14.8 Å². The minimum atomic E-state index is -4.51. The molecule has 2 aromatic rings. The fraction of sp³-hybridized carbons (Fsp3) is 0.400. The number of thioether (sulfide) groups is 1. The Hall–Kier alpha value is -1.74. The lowest BCUT2D eigenvalue weighted by Gasteiger charge is -2.11. The standard InChI is InChI=1S/C15H16ClF3N4OS/c1-8(2)13-21-22-14(23(13)3)25-7-12(24)20-11-6-9(15(17,18)19)4-5-10(11)16/h4-6,8H,7H2,1-3H3,(H,20,24). The summed E-state index contributed by atoms with van der Waals surface area (Å²) in [5, 5.41) is 11.0. The van der Waals surface area contributed by atoms with Crippen molar-refractivity contribution in [2.24, 2.45) is 7.05 Å². The highest BCUT2D eigenvalue weighted by atomic mass is 35.5. The van der Waals surface area contributed by atoms with Gasteiger partial charge in [0.2, 0.25) is 5.91 Å². The predicted octanol–water partition coefficient (Wildman–Crippen LogP) is 4.34. The van der Waals surface area contributed by atoms with Crippen LogP contribution in [0.5, 0.6) is 0 Å². The van der Waals surface area contributed by atoms with Crippen LogP contribution >= 0.6 is 23.4 Å². The van der Waals surface area contributed by atoms with Crippen molar-refractivity contribution in [2.75, 3.05) is 11.1 Å². The summed E-state index contributed by atoms with van der Waals surface area (Å²) in [6.45, 7) is 3.95. The summed E-state index contributed by atoms with van der Waals surface area (Å²) in [7, 11) is 1.79. The van der Waals surface area contributed by atoms with Crippen molar-refractivity contribution in [2.45, 2.75) is 31.1 Å². The minimum absolute atomic E-state index is 0.0311. The summed E-state index contributed by atoms with van der Waals surface area (Å²) in [4.78, 5) is 12.0. The molecule has 1 aromatic carbocycles. The van der Waals surface area contributed by atoms with E-state index in [4.69, 9.17) is 11.6 Å². The second kappa shape index (κ2) is 7.65. The van der Waals surface area contributed by atoms with E-state index >= 15 is 0 Å². The van der Waals surface area contributed by atoms with Gasteiger partial charge in [0.15, 0.2) is 5.16 Å². The SMILES string of the molecule is CC(C)c1nnc(SCC(=O)Nc2cc(C(F)(F)F)ccc2Cl)n1C. The molecule has 0 bridgehead atoms. The number of alkyl halides is 3. The van der Waals surface area contributed by atoms with Crippen LogP contribution in [0.4, 0.5) is 18.9 Å². The highest BCUT2D eigenvalue weighted by Crippen LogP contribution is 2.34. The first kappa shape index (κ1) is 19.6. The van der Waals surface area contributed by atoms with Crippen LogP contribution in [0.3, 0.4) is 0 Å². The lowest BCUT2D eigenvalue weighted by molar-refractivity contribution is -0.137. The molecule has 0 fully saturated rings. The van der Waals surface area contributed by atoms with E-state index in [2.05, 4.69) is 15.5 Å². The third kappa shape index (κ3) is 4.88. The molecule has 5 nitrogen and oxygen atoms in total. The van der Waals surface area contributed by atoms with Crippen LogP contribution < -0.4 is 5.32 Å². The summed E-state index contributed by atoms with van der Waals surface area (Å²) in [5.74, 6) is 0.449. The van der Waals surface area contributed by atoms with Crippen LogP contribution in [0, 0.1) is 0 Å². The molecule has 0 atom stereocenters. The van der Waals surface area contributed by atoms with E-state index in [1.807, 2.05) is 13.8 Å². The summed E-state index contributed by atoms with van der Waals surface area (Å²) in [6, 6.07) is 2.77. The van der Waals surface area contributed by atoms with Gasteiger partial charge in [0.05, 0.1) is 22.0 Å². The Morgan fingerprint density at radius 1 is 1.36 bits per heavy atom. The second-order valence-electron chi connectivity index (χ2n) is 5.58. The number of halogens is 4. The number of benzene rings is 1. The first-order valence-electron chi connectivity index (χ1n) is 7.28. The Morgan fingerprint density at radius 3 is 2.60 bits per heavy atom. The zero-order valence-corrected chi connectivity index (χ0v) is 15.3. The van der Waals surface area contributed by atoms with E-state index in [1.54, 1.807) is 11.6 Å².